The number of ether oxygens (including phenoxy) is 1. The molecular formula is C19H32N2O2. The van der Waals surface area contributed by atoms with Gasteiger partial charge in [-0.2, -0.15) is 0 Å². The third kappa shape index (κ3) is 9.24. The van der Waals surface area contributed by atoms with Crippen molar-refractivity contribution in [2.45, 2.75) is 65.3 Å². The second kappa shape index (κ2) is 11.9. The van der Waals surface area contributed by atoms with Crippen molar-refractivity contribution in [2.75, 3.05) is 18.5 Å². The van der Waals surface area contributed by atoms with Crippen LogP contribution in [0.1, 0.15) is 59.3 Å². The van der Waals surface area contributed by atoms with Crippen molar-refractivity contribution in [1.82, 2.24) is 5.32 Å². The van der Waals surface area contributed by atoms with E-state index in [-0.39, 0.29) is 5.91 Å². The van der Waals surface area contributed by atoms with Crippen LogP contribution in [-0.2, 0) is 4.79 Å². The van der Waals surface area contributed by atoms with Crippen LogP contribution in [0.2, 0.25) is 0 Å². The minimum absolute atomic E-state index is 0.0186. The largest absolute Gasteiger partial charge is 0.494 e. The Hall–Kier alpha value is -1.55. The van der Waals surface area contributed by atoms with Crippen LogP contribution in [0.3, 0.4) is 0 Å². The first-order chi connectivity index (χ1) is 11.2. The fourth-order valence-corrected chi connectivity index (χ4v) is 2.15. The molecule has 1 rings (SSSR count). The van der Waals surface area contributed by atoms with Crippen molar-refractivity contribution in [3.8, 4) is 5.75 Å². The Kier molecular flexibility index (Phi) is 10.1. The molecule has 4 nitrogen and oxygen atoms in total. The average Bonchev–Trinajstić information content (AvgIpc) is 2.57. The average molecular weight is 320 g/mol. The van der Waals surface area contributed by atoms with Gasteiger partial charge in [-0.25, -0.2) is 0 Å². The molecule has 1 amide bonds. The first kappa shape index (κ1) is 19.5. The third-order valence-corrected chi connectivity index (χ3v) is 3.88. The van der Waals surface area contributed by atoms with Gasteiger partial charge < -0.3 is 15.4 Å². The summed E-state index contributed by atoms with van der Waals surface area (Å²) in [6, 6.07) is 7.93. The highest BCUT2D eigenvalue weighted by atomic mass is 16.5. The number of unbranched alkanes of at least 4 members (excludes halogenated alkanes) is 4. The smallest absolute Gasteiger partial charge is 0.238 e. The maximum atomic E-state index is 11.8. The lowest BCUT2D eigenvalue weighted by molar-refractivity contribution is -0.115. The highest BCUT2D eigenvalue weighted by molar-refractivity contribution is 5.92. The third-order valence-electron chi connectivity index (χ3n) is 3.88. The molecule has 0 radical (unpaired) electrons. The van der Waals surface area contributed by atoms with Crippen LogP contribution in [0, 0.1) is 0 Å². The van der Waals surface area contributed by atoms with Gasteiger partial charge in [-0.3, -0.25) is 4.79 Å². The van der Waals surface area contributed by atoms with Crippen LogP contribution in [0.4, 0.5) is 5.69 Å². The zero-order chi connectivity index (χ0) is 16.9. The molecule has 0 spiro atoms. The standard InChI is InChI=1S/C19H32N2O2/c1-4-6-7-8-9-14-23-18-12-10-17(11-13-18)21-19(22)15-20-16(3)5-2/h10-13,16,20H,4-9,14-15H2,1-3H3,(H,21,22). The van der Waals surface area contributed by atoms with E-state index in [0.29, 0.717) is 12.6 Å². The molecule has 0 saturated carbocycles. The van der Waals surface area contributed by atoms with Gasteiger partial charge in [0.2, 0.25) is 5.91 Å². The summed E-state index contributed by atoms with van der Waals surface area (Å²) in [4.78, 5) is 11.8. The molecule has 130 valence electrons. The molecule has 0 bridgehead atoms. The maximum absolute atomic E-state index is 11.8. The first-order valence-corrected chi connectivity index (χ1v) is 8.91. The Bertz CT molecular complexity index is 432. The summed E-state index contributed by atoms with van der Waals surface area (Å²) in [5.74, 6) is 0.839. The summed E-state index contributed by atoms with van der Waals surface area (Å²) in [7, 11) is 0. The van der Waals surface area contributed by atoms with E-state index in [2.05, 4.69) is 31.4 Å². The van der Waals surface area contributed by atoms with Gasteiger partial charge in [-0.15, -0.1) is 0 Å². The summed E-state index contributed by atoms with van der Waals surface area (Å²) < 4.78 is 5.71. The fourth-order valence-electron chi connectivity index (χ4n) is 2.15. The number of nitrogens with one attached hydrogen (secondary N) is 2. The van der Waals surface area contributed by atoms with Crippen molar-refractivity contribution in [3.05, 3.63) is 24.3 Å². The van der Waals surface area contributed by atoms with E-state index in [4.69, 9.17) is 4.74 Å². The quantitative estimate of drug-likeness (QED) is 0.563. The zero-order valence-corrected chi connectivity index (χ0v) is 14.9. The summed E-state index contributed by atoms with van der Waals surface area (Å²) in [6.07, 6.45) is 7.19. The van der Waals surface area contributed by atoms with Crippen molar-refractivity contribution < 1.29 is 9.53 Å². The lowest BCUT2D eigenvalue weighted by atomic mass is 10.2. The van der Waals surface area contributed by atoms with Crippen LogP contribution in [-0.4, -0.2) is 25.1 Å². The predicted molar refractivity (Wildman–Crippen MR) is 97.1 cm³/mol. The maximum Gasteiger partial charge on any atom is 0.238 e. The van der Waals surface area contributed by atoms with Crippen LogP contribution < -0.4 is 15.4 Å². The van der Waals surface area contributed by atoms with Crippen LogP contribution >= 0.6 is 0 Å². The summed E-state index contributed by atoms with van der Waals surface area (Å²) >= 11 is 0. The second-order valence-electron chi connectivity index (χ2n) is 6.03. The molecule has 0 aliphatic carbocycles. The number of hydrogen-bond acceptors (Lipinski definition) is 3. The van der Waals surface area contributed by atoms with E-state index in [1.165, 1.54) is 25.7 Å². The molecule has 1 atom stereocenters. The predicted octanol–water partition coefficient (Wildman–Crippen LogP) is 4.36. The number of hydrogen-bond donors (Lipinski definition) is 2. The minimum Gasteiger partial charge on any atom is -0.494 e. The highest BCUT2D eigenvalue weighted by Crippen LogP contribution is 2.16. The Morgan fingerprint density at radius 1 is 1.09 bits per heavy atom. The van der Waals surface area contributed by atoms with Crippen molar-refractivity contribution in [1.29, 1.82) is 0 Å². The van der Waals surface area contributed by atoms with Crippen LogP contribution in [0.25, 0.3) is 0 Å². The van der Waals surface area contributed by atoms with Gasteiger partial charge in [0, 0.05) is 11.7 Å². The molecule has 1 unspecified atom stereocenters. The molecule has 0 aromatic heterocycles. The minimum atomic E-state index is -0.0186. The number of benzene rings is 1. The van der Waals surface area contributed by atoms with Gasteiger partial charge in [0.15, 0.2) is 0 Å². The molecule has 2 N–H and O–H groups in total. The number of rotatable bonds is 12. The van der Waals surface area contributed by atoms with Crippen molar-refractivity contribution in [2.24, 2.45) is 0 Å². The van der Waals surface area contributed by atoms with Gasteiger partial charge in [0.05, 0.1) is 13.2 Å². The number of amides is 1. The Morgan fingerprint density at radius 3 is 2.43 bits per heavy atom. The van der Waals surface area contributed by atoms with E-state index >= 15 is 0 Å². The second-order valence-corrected chi connectivity index (χ2v) is 6.03. The lowest BCUT2D eigenvalue weighted by Gasteiger charge is -2.11. The van der Waals surface area contributed by atoms with E-state index < -0.39 is 0 Å². The Balaban J connectivity index is 2.23. The van der Waals surface area contributed by atoms with Crippen molar-refractivity contribution >= 4 is 11.6 Å². The Morgan fingerprint density at radius 2 is 1.78 bits per heavy atom. The molecule has 0 aliphatic heterocycles. The topological polar surface area (TPSA) is 50.4 Å². The zero-order valence-electron chi connectivity index (χ0n) is 14.9. The molecule has 0 saturated heterocycles. The number of anilines is 1. The van der Waals surface area contributed by atoms with E-state index in [9.17, 15) is 4.79 Å². The summed E-state index contributed by atoms with van der Waals surface area (Å²) in [5.41, 5.74) is 0.802. The van der Waals surface area contributed by atoms with E-state index in [0.717, 1.165) is 30.9 Å². The molecule has 0 fully saturated rings. The fraction of sp³-hybridized carbons (Fsp3) is 0.632. The SMILES string of the molecule is CCCCCCCOc1ccc(NC(=O)CNC(C)CC)cc1. The van der Waals surface area contributed by atoms with Crippen molar-refractivity contribution in [3.63, 3.8) is 0 Å². The first-order valence-electron chi connectivity index (χ1n) is 8.91. The van der Waals surface area contributed by atoms with Crippen LogP contribution in [0.15, 0.2) is 24.3 Å². The van der Waals surface area contributed by atoms with Gasteiger partial charge >= 0.3 is 0 Å². The summed E-state index contributed by atoms with van der Waals surface area (Å²) in [6.45, 7) is 7.48. The number of carbonyl (C=O) groups excluding carboxylic acids is 1. The van der Waals surface area contributed by atoms with E-state index in [1.807, 2.05) is 24.3 Å². The molecule has 1 aromatic carbocycles. The molecule has 1 aromatic rings. The lowest BCUT2D eigenvalue weighted by Crippen LogP contribution is -2.33. The Labute approximate surface area is 141 Å². The highest BCUT2D eigenvalue weighted by Gasteiger charge is 2.04. The molecular weight excluding hydrogens is 288 g/mol. The van der Waals surface area contributed by atoms with Gasteiger partial charge in [0.25, 0.3) is 0 Å². The molecule has 0 heterocycles. The monoisotopic (exact) mass is 320 g/mol. The summed E-state index contributed by atoms with van der Waals surface area (Å²) in [5, 5.41) is 6.06. The van der Waals surface area contributed by atoms with Crippen LogP contribution in [0.5, 0.6) is 5.75 Å². The molecule has 0 aliphatic rings. The number of carbonyl (C=O) groups is 1. The molecule has 23 heavy (non-hydrogen) atoms. The van der Waals surface area contributed by atoms with Gasteiger partial charge in [0.1, 0.15) is 5.75 Å². The normalized spacial score (nSPS) is 12.0. The van der Waals surface area contributed by atoms with Gasteiger partial charge in [-0.1, -0.05) is 39.5 Å². The van der Waals surface area contributed by atoms with E-state index in [1.54, 1.807) is 0 Å². The molecule has 4 heteroatoms. The van der Waals surface area contributed by atoms with Gasteiger partial charge in [-0.05, 0) is 44.0 Å².